The van der Waals surface area contributed by atoms with E-state index in [1.165, 1.54) is 37.2 Å². The fourth-order valence-electron chi connectivity index (χ4n) is 1.35. The van der Waals surface area contributed by atoms with E-state index in [0.29, 0.717) is 0 Å². The summed E-state index contributed by atoms with van der Waals surface area (Å²) in [5.74, 6) is 2.63. The van der Waals surface area contributed by atoms with E-state index in [1.807, 2.05) is 0 Å². The van der Waals surface area contributed by atoms with Crippen LogP contribution in [0.3, 0.4) is 0 Å². The minimum atomic E-state index is 0.747. The van der Waals surface area contributed by atoms with E-state index in [1.54, 1.807) is 0 Å². The Morgan fingerprint density at radius 2 is 1.92 bits per heavy atom. The van der Waals surface area contributed by atoms with Crippen LogP contribution in [0.1, 0.15) is 46.5 Å². The summed E-state index contributed by atoms with van der Waals surface area (Å²) in [5, 5.41) is 3.54. The predicted molar refractivity (Wildman–Crippen MR) is 64.6 cm³/mol. The van der Waals surface area contributed by atoms with Crippen LogP contribution < -0.4 is 5.32 Å². The van der Waals surface area contributed by atoms with Gasteiger partial charge in [0.05, 0.1) is 0 Å². The molecule has 1 unspecified atom stereocenters. The van der Waals surface area contributed by atoms with Crippen LogP contribution in [-0.4, -0.2) is 24.1 Å². The number of nitrogens with one attached hydrogen (secondary N) is 1. The minimum absolute atomic E-state index is 0.747. The van der Waals surface area contributed by atoms with Gasteiger partial charge < -0.3 is 5.32 Å². The number of thioether (sulfide) groups is 1. The lowest BCUT2D eigenvalue weighted by Gasteiger charge is -2.16. The lowest BCUT2D eigenvalue weighted by atomic mass is 10.2. The highest BCUT2D eigenvalue weighted by atomic mass is 32.2. The third-order valence-electron chi connectivity index (χ3n) is 2.09. The van der Waals surface area contributed by atoms with Crippen molar-refractivity contribution in [2.45, 2.75) is 52.5 Å². The van der Waals surface area contributed by atoms with Crippen molar-refractivity contribution in [3.8, 4) is 0 Å². The molecule has 0 aliphatic heterocycles. The molecule has 0 heterocycles. The van der Waals surface area contributed by atoms with Gasteiger partial charge in [-0.1, -0.05) is 33.6 Å². The summed E-state index contributed by atoms with van der Waals surface area (Å²) < 4.78 is 0. The van der Waals surface area contributed by atoms with E-state index in [4.69, 9.17) is 0 Å². The molecule has 1 atom stereocenters. The summed E-state index contributed by atoms with van der Waals surface area (Å²) in [6.45, 7) is 7.83. The molecule has 0 amide bonds. The Labute approximate surface area is 88.1 Å². The van der Waals surface area contributed by atoms with E-state index in [2.05, 4.69) is 37.8 Å². The number of unbranched alkanes of at least 4 members (excludes halogenated alkanes) is 1. The molecule has 80 valence electrons. The zero-order valence-corrected chi connectivity index (χ0v) is 10.3. The zero-order chi connectivity index (χ0) is 9.94. The van der Waals surface area contributed by atoms with Crippen molar-refractivity contribution in [3.63, 3.8) is 0 Å². The first-order valence-electron chi connectivity index (χ1n) is 5.66. The van der Waals surface area contributed by atoms with Gasteiger partial charge in [0.25, 0.3) is 0 Å². The summed E-state index contributed by atoms with van der Waals surface area (Å²) in [4.78, 5) is 0. The molecule has 1 nitrogen and oxygen atoms in total. The molecule has 0 rings (SSSR count). The molecule has 0 saturated heterocycles. The van der Waals surface area contributed by atoms with Crippen LogP contribution in [0.4, 0.5) is 0 Å². The topological polar surface area (TPSA) is 12.0 Å². The van der Waals surface area contributed by atoms with Crippen LogP contribution in [0.5, 0.6) is 0 Å². The molecule has 0 radical (unpaired) electrons. The van der Waals surface area contributed by atoms with Gasteiger partial charge in [-0.2, -0.15) is 11.8 Å². The molecule has 0 saturated carbocycles. The van der Waals surface area contributed by atoms with Gasteiger partial charge in [-0.15, -0.1) is 0 Å². The summed E-state index contributed by atoms with van der Waals surface area (Å²) in [6.07, 6.45) is 5.32. The van der Waals surface area contributed by atoms with Crippen LogP contribution in [0.25, 0.3) is 0 Å². The van der Waals surface area contributed by atoms with Crippen molar-refractivity contribution >= 4 is 11.8 Å². The van der Waals surface area contributed by atoms with E-state index < -0.39 is 0 Å². The molecule has 0 bridgehead atoms. The number of rotatable bonds is 9. The quantitative estimate of drug-likeness (QED) is 0.577. The molecule has 0 aliphatic rings. The van der Waals surface area contributed by atoms with Gasteiger partial charge in [-0.05, 0) is 25.1 Å². The van der Waals surface area contributed by atoms with Gasteiger partial charge in [0.15, 0.2) is 0 Å². The molecule has 0 aromatic rings. The Morgan fingerprint density at radius 3 is 2.46 bits per heavy atom. The van der Waals surface area contributed by atoms with Crippen molar-refractivity contribution in [1.82, 2.24) is 5.32 Å². The summed E-state index contributed by atoms with van der Waals surface area (Å²) >= 11 is 2.10. The monoisotopic (exact) mass is 203 g/mol. The van der Waals surface area contributed by atoms with E-state index in [0.717, 1.165) is 12.6 Å². The van der Waals surface area contributed by atoms with E-state index in [-0.39, 0.29) is 0 Å². The number of hydrogen-bond donors (Lipinski definition) is 1. The standard InChI is InChI=1S/C11H25NS/c1-4-7-9-13-10-11(8-5-2)12-6-3/h11-12H,4-10H2,1-3H3. The second kappa shape index (κ2) is 10.4. The fourth-order valence-corrected chi connectivity index (χ4v) is 2.58. The average molecular weight is 203 g/mol. The van der Waals surface area contributed by atoms with Crippen molar-refractivity contribution in [3.05, 3.63) is 0 Å². The molecule has 13 heavy (non-hydrogen) atoms. The SMILES string of the molecule is CCCCSCC(CCC)NCC. The lowest BCUT2D eigenvalue weighted by molar-refractivity contribution is 0.531. The van der Waals surface area contributed by atoms with Gasteiger partial charge in [0.2, 0.25) is 0 Å². The Morgan fingerprint density at radius 1 is 1.15 bits per heavy atom. The highest BCUT2D eigenvalue weighted by Gasteiger charge is 2.04. The third kappa shape index (κ3) is 8.63. The second-order valence-corrected chi connectivity index (χ2v) is 4.62. The average Bonchev–Trinajstić information content (AvgIpc) is 2.13. The van der Waals surface area contributed by atoms with Gasteiger partial charge in [0.1, 0.15) is 0 Å². The molecule has 0 spiro atoms. The molecule has 1 N–H and O–H groups in total. The van der Waals surface area contributed by atoms with Gasteiger partial charge >= 0.3 is 0 Å². The normalized spacial score (nSPS) is 13.2. The third-order valence-corrected chi connectivity index (χ3v) is 3.31. The second-order valence-electron chi connectivity index (χ2n) is 3.47. The highest BCUT2D eigenvalue weighted by Crippen LogP contribution is 2.09. The fraction of sp³-hybridized carbons (Fsp3) is 1.00. The van der Waals surface area contributed by atoms with Crippen molar-refractivity contribution < 1.29 is 0 Å². The Hall–Kier alpha value is 0.310. The Kier molecular flexibility index (Phi) is 10.6. The largest absolute Gasteiger partial charge is 0.313 e. The van der Waals surface area contributed by atoms with Crippen LogP contribution in [0, 0.1) is 0 Å². The maximum Gasteiger partial charge on any atom is 0.0157 e. The Bertz CT molecular complexity index is 90.1. The maximum atomic E-state index is 3.54. The minimum Gasteiger partial charge on any atom is -0.313 e. The lowest BCUT2D eigenvalue weighted by Crippen LogP contribution is -2.31. The first kappa shape index (κ1) is 13.3. The van der Waals surface area contributed by atoms with E-state index in [9.17, 15) is 0 Å². The highest BCUT2D eigenvalue weighted by molar-refractivity contribution is 7.99. The summed E-state index contributed by atoms with van der Waals surface area (Å²) in [7, 11) is 0. The summed E-state index contributed by atoms with van der Waals surface area (Å²) in [5.41, 5.74) is 0. The summed E-state index contributed by atoms with van der Waals surface area (Å²) in [6, 6.07) is 0.747. The smallest absolute Gasteiger partial charge is 0.0157 e. The van der Waals surface area contributed by atoms with Crippen molar-refractivity contribution in [1.29, 1.82) is 0 Å². The van der Waals surface area contributed by atoms with Crippen LogP contribution >= 0.6 is 11.8 Å². The van der Waals surface area contributed by atoms with Gasteiger partial charge in [0, 0.05) is 11.8 Å². The first-order chi connectivity index (χ1) is 6.35. The molecule has 0 aromatic heterocycles. The van der Waals surface area contributed by atoms with Crippen molar-refractivity contribution in [2.24, 2.45) is 0 Å². The van der Waals surface area contributed by atoms with Crippen LogP contribution in [-0.2, 0) is 0 Å². The van der Waals surface area contributed by atoms with Crippen LogP contribution in [0.15, 0.2) is 0 Å². The van der Waals surface area contributed by atoms with Crippen LogP contribution in [0.2, 0.25) is 0 Å². The molecule has 0 aliphatic carbocycles. The zero-order valence-electron chi connectivity index (χ0n) is 9.44. The Balaban J connectivity index is 3.33. The van der Waals surface area contributed by atoms with Gasteiger partial charge in [-0.25, -0.2) is 0 Å². The maximum absolute atomic E-state index is 3.54. The molecule has 2 heteroatoms. The molecule has 0 aromatic carbocycles. The molecular weight excluding hydrogens is 178 g/mol. The molecule has 0 fully saturated rings. The van der Waals surface area contributed by atoms with Gasteiger partial charge in [-0.3, -0.25) is 0 Å². The predicted octanol–water partition coefficient (Wildman–Crippen LogP) is 3.30. The van der Waals surface area contributed by atoms with Crippen molar-refractivity contribution in [2.75, 3.05) is 18.1 Å². The number of hydrogen-bond acceptors (Lipinski definition) is 2. The first-order valence-corrected chi connectivity index (χ1v) is 6.81. The molecular formula is C11H25NS. The van der Waals surface area contributed by atoms with E-state index >= 15 is 0 Å².